The van der Waals surface area contributed by atoms with Crippen molar-refractivity contribution in [2.45, 2.75) is 36.7 Å². The van der Waals surface area contributed by atoms with E-state index in [1.807, 2.05) is 6.92 Å². The molecule has 2 bridgehead atoms. The number of thioether (sulfide) groups is 1. The molecule has 4 aliphatic rings. The van der Waals surface area contributed by atoms with Crippen LogP contribution in [0.15, 0.2) is 0 Å². The van der Waals surface area contributed by atoms with Crippen LogP contribution in [0.4, 0.5) is 0 Å². The van der Waals surface area contributed by atoms with Crippen LogP contribution in [0.2, 0.25) is 0 Å². The largest absolute Gasteiger partial charge is 0.465 e. The number of ketones is 1. The summed E-state index contributed by atoms with van der Waals surface area (Å²) in [6.45, 7) is 7.20. The summed E-state index contributed by atoms with van der Waals surface area (Å²) in [4.78, 5) is 27.1. The Hall–Kier alpha value is -0.550. The number of piperidine rings is 3. The Morgan fingerprint density at radius 2 is 2.16 bits per heavy atom. The van der Waals surface area contributed by atoms with Crippen LogP contribution in [0.25, 0.3) is 0 Å². The number of esters is 1. The van der Waals surface area contributed by atoms with Crippen molar-refractivity contribution < 1.29 is 14.3 Å². The Kier molecular flexibility index (Phi) is 3.38. The zero-order chi connectivity index (χ0) is 13.6. The van der Waals surface area contributed by atoms with E-state index in [1.54, 1.807) is 18.7 Å². The Morgan fingerprint density at radius 1 is 1.47 bits per heavy atom. The molecule has 0 aliphatic carbocycles. The molecule has 3 atom stereocenters. The average Bonchev–Trinajstić information content (AvgIpc) is 2.62. The topological polar surface area (TPSA) is 46.6 Å². The molecule has 4 fully saturated rings. The second-order valence-corrected chi connectivity index (χ2v) is 7.56. The number of fused-ring (bicyclic) bond motifs is 2. The third kappa shape index (κ3) is 1.93. The second kappa shape index (κ2) is 4.77. The first-order valence-corrected chi connectivity index (χ1v) is 8.07. The fraction of sp³-hybridized carbons (Fsp3) is 0.857. The summed E-state index contributed by atoms with van der Waals surface area (Å²) in [5.41, 5.74) is 0. The highest BCUT2D eigenvalue weighted by molar-refractivity contribution is 8.02. The van der Waals surface area contributed by atoms with E-state index < -0.39 is 5.92 Å². The average molecular weight is 283 g/mol. The van der Waals surface area contributed by atoms with Crippen LogP contribution < -0.4 is 0 Å². The van der Waals surface area contributed by atoms with E-state index in [1.165, 1.54) is 0 Å². The Balaban J connectivity index is 1.94. The van der Waals surface area contributed by atoms with Crippen molar-refractivity contribution in [2.75, 3.05) is 26.2 Å². The van der Waals surface area contributed by atoms with Crippen molar-refractivity contribution in [3.63, 3.8) is 0 Å². The molecule has 0 amide bonds. The monoisotopic (exact) mass is 283 g/mol. The van der Waals surface area contributed by atoms with Crippen LogP contribution in [0, 0.1) is 11.8 Å². The molecular weight excluding hydrogens is 262 g/mol. The van der Waals surface area contributed by atoms with Gasteiger partial charge in [-0.1, -0.05) is 0 Å². The van der Waals surface area contributed by atoms with E-state index in [9.17, 15) is 9.59 Å². The van der Waals surface area contributed by atoms with Crippen LogP contribution >= 0.6 is 11.8 Å². The number of nitrogens with zero attached hydrogens (tertiary/aromatic N) is 1. The van der Waals surface area contributed by atoms with Gasteiger partial charge in [0.1, 0.15) is 5.92 Å². The predicted octanol–water partition coefficient (Wildman–Crippen LogP) is 1.33. The molecule has 4 rings (SSSR count). The van der Waals surface area contributed by atoms with E-state index in [0.29, 0.717) is 12.5 Å². The zero-order valence-electron chi connectivity index (χ0n) is 11.6. The quantitative estimate of drug-likeness (QED) is 0.565. The molecule has 19 heavy (non-hydrogen) atoms. The fourth-order valence-corrected chi connectivity index (χ4v) is 5.93. The first-order valence-electron chi connectivity index (χ1n) is 7.19. The molecule has 1 spiro atoms. The standard InChI is InChI=1S/C14H21NO3S/c1-3-18-13(17)11-12(16)9(2)19-14(11)8-15-6-4-10(14)5-7-15/h9-11H,3-8H2,1-2H3. The highest BCUT2D eigenvalue weighted by Crippen LogP contribution is 2.56. The summed E-state index contributed by atoms with van der Waals surface area (Å²) >= 11 is 1.73. The van der Waals surface area contributed by atoms with Gasteiger partial charge in [-0.05, 0) is 45.7 Å². The number of ether oxygens (including phenoxy) is 1. The SMILES string of the molecule is CCOC(=O)C1C(=O)C(C)SC12CN1CCC2CC1. The lowest BCUT2D eigenvalue weighted by Crippen LogP contribution is -2.61. The van der Waals surface area contributed by atoms with Gasteiger partial charge in [0, 0.05) is 6.54 Å². The summed E-state index contributed by atoms with van der Waals surface area (Å²) in [6, 6.07) is 0. The van der Waals surface area contributed by atoms with Crippen molar-refractivity contribution in [3.05, 3.63) is 0 Å². The van der Waals surface area contributed by atoms with Gasteiger partial charge in [-0.25, -0.2) is 0 Å². The fourth-order valence-electron chi connectivity index (χ4n) is 3.99. The van der Waals surface area contributed by atoms with Crippen molar-refractivity contribution >= 4 is 23.5 Å². The first kappa shape index (κ1) is 13.4. The number of carbonyl (C=O) groups excluding carboxylic acids is 2. The lowest BCUT2D eigenvalue weighted by Gasteiger charge is -2.52. The minimum atomic E-state index is -0.541. The van der Waals surface area contributed by atoms with Crippen molar-refractivity contribution in [3.8, 4) is 0 Å². The second-order valence-electron chi connectivity index (χ2n) is 5.85. The summed E-state index contributed by atoms with van der Waals surface area (Å²) < 4.78 is 4.98. The van der Waals surface area contributed by atoms with Gasteiger partial charge >= 0.3 is 5.97 Å². The van der Waals surface area contributed by atoms with Crippen molar-refractivity contribution in [1.82, 2.24) is 4.90 Å². The Morgan fingerprint density at radius 3 is 2.68 bits per heavy atom. The maximum Gasteiger partial charge on any atom is 0.318 e. The van der Waals surface area contributed by atoms with Gasteiger partial charge < -0.3 is 9.64 Å². The molecule has 0 N–H and O–H groups in total. The molecule has 106 valence electrons. The van der Waals surface area contributed by atoms with E-state index in [4.69, 9.17) is 4.74 Å². The number of Topliss-reactive ketones (excluding diaryl/α,β-unsaturated/α-hetero) is 1. The van der Waals surface area contributed by atoms with Crippen molar-refractivity contribution in [1.29, 1.82) is 0 Å². The van der Waals surface area contributed by atoms with Gasteiger partial charge in [-0.2, -0.15) is 0 Å². The molecule has 4 nitrogen and oxygen atoms in total. The third-order valence-corrected chi connectivity index (χ3v) is 6.56. The molecule has 0 saturated carbocycles. The minimum Gasteiger partial charge on any atom is -0.465 e. The summed E-state index contributed by atoms with van der Waals surface area (Å²) in [7, 11) is 0. The minimum absolute atomic E-state index is 0.0741. The lowest BCUT2D eigenvalue weighted by atomic mass is 9.70. The molecule has 4 aliphatic heterocycles. The molecule has 5 heteroatoms. The molecule has 0 aromatic rings. The van der Waals surface area contributed by atoms with Gasteiger partial charge in [-0.15, -0.1) is 11.8 Å². The molecule has 4 heterocycles. The highest BCUT2D eigenvalue weighted by Gasteiger charge is 2.62. The number of hydrogen-bond donors (Lipinski definition) is 0. The highest BCUT2D eigenvalue weighted by atomic mass is 32.2. The van der Waals surface area contributed by atoms with Crippen LogP contribution in [-0.2, 0) is 14.3 Å². The van der Waals surface area contributed by atoms with Crippen LogP contribution in [-0.4, -0.2) is 52.9 Å². The van der Waals surface area contributed by atoms with Gasteiger partial charge in [-0.3, -0.25) is 9.59 Å². The molecule has 3 unspecified atom stereocenters. The lowest BCUT2D eigenvalue weighted by molar-refractivity contribution is -0.154. The maximum atomic E-state index is 12.4. The van der Waals surface area contributed by atoms with E-state index in [-0.39, 0.29) is 21.7 Å². The van der Waals surface area contributed by atoms with E-state index in [2.05, 4.69) is 4.90 Å². The third-order valence-electron chi connectivity index (χ3n) is 4.84. The molecule has 0 radical (unpaired) electrons. The smallest absolute Gasteiger partial charge is 0.318 e. The summed E-state index contributed by atoms with van der Waals surface area (Å²) in [6.07, 6.45) is 2.23. The van der Waals surface area contributed by atoms with Gasteiger partial charge in [0.25, 0.3) is 0 Å². The van der Waals surface area contributed by atoms with Crippen LogP contribution in [0.1, 0.15) is 26.7 Å². The predicted molar refractivity (Wildman–Crippen MR) is 74.1 cm³/mol. The molecular formula is C14H21NO3S. The van der Waals surface area contributed by atoms with Crippen LogP contribution in [0.3, 0.4) is 0 Å². The Bertz CT molecular complexity index is 405. The molecule has 0 aromatic heterocycles. The van der Waals surface area contributed by atoms with E-state index >= 15 is 0 Å². The summed E-state index contributed by atoms with van der Waals surface area (Å²) in [5.74, 6) is -0.262. The van der Waals surface area contributed by atoms with Crippen LogP contribution in [0.5, 0.6) is 0 Å². The normalized spacial score (nSPS) is 44.8. The number of carbonyl (C=O) groups is 2. The van der Waals surface area contributed by atoms with Gasteiger partial charge in [0.2, 0.25) is 0 Å². The maximum absolute atomic E-state index is 12.4. The van der Waals surface area contributed by atoms with E-state index in [0.717, 1.165) is 32.5 Å². The van der Waals surface area contributed by atoms with Gasteiger partial charge in [0.05, 0.1) is 16.6 Å². The number of hydrogen-bond acceptors (Lipinski definition) is 5. The van der Waals surface area contributed by atoms with Crippen molar-refractivity contribution in [2.24, 2.45) is 11.8 Å². The summed E-state index contributed by atoms with van der Waals surface area (Å²) in [5, 5.41) is -0.0741. The number of rotatable bonds is 2. The zero-order valence-corrected chi connectivity index (χ0v) is 12.4. The van der Waals surface area contributed by atoms with Gasteiger partial charge in [0.15, 0.2) is 5.78 Å². The molecule has 0 aromatic carbocycles. The Labute approximate surface area is 118 Å². The molecule has 4 saturated heterocycles. The first-order chi connectivity index (χ1) is 9.08.